The summed E-state index contributed by atoms with van der Waals surface area (Å²) in [6.45, 7) is 0.666. The van der Waals surface area contributed by atoms with Crippen LogP contribution < -0.4 is 5.32 Å². The Balaban J connectivity index is 2.15. The van der Waals surface area contributed by atoms with E-state index in [1.807, 2.05) is 16.8 Å². The number of rotatable bonds is 5. The van der Waals surface area contributed by atoms with Crippen molar-refractivity contribution in [2.45, 2.75) is 19.4 Å². The molecule has 1 heterocycles. The minimum Gasteiger partial charge on any atom is -0.396 e. The molecule has 3 nitrogen and oxygen atoms in total. The zero-order chi connectivity index (χ0) is 9.52. The topological polar surface area (TPSA) is 49.3 Å². The Morgan fingerprint density at radius 3 is 3.08 bits per heavy atom. The number of amides is 1. The molecule has 1 aromatic heterocycles. The Labute approximate surface area is 81.4 Å². The van der Waals surface area contributed by atoms with E-state index >= 15 is 0 Å². The molecule has 0 aliphatic rings. The summed E-state index contributed by atoms with van der Waals surface area (Å²) in [5.74, 6) is 0.000231. The van der Waals surface area contributed by atoms with Crippen molar-refractivity contribution in [3.05, 3.63) is 22.4 Å². The molecule has 0 saturated carbocycles. The molecule has 0 bridgehead atoms. The first-order valence-electron chi connectivity index (χ1n) is 4.21. The highest BCUT2D eigenvalue weighted by molar-refractivity contribution is 7.07. The van der Waals surface area contributed by atoms with E-state index in [-0.39, 0.29) is 12.5 Å². The normalized spacial score (nSPS) is 9.92. The summed E-state index contributed by atoms with van der Waals surface area (Å²) in [4.78, 5) is 11.1. The van der Waals surface area contributed by atoms with Gasteiger partial charge >= 0.3 is 0 Å². The van der Waals surface area contributed by atoms with E-state index in [9.17, 15) is 4.79 Å². The van der Waals surface area contributed by atoms with Crippen molar-refractivity contribution < 1.29 is 9.90 Å². The van der Waals surface area contributed by atoms with Crippen molar-refractivity contribution in [2.75, 3.05) is 6.61 Å². The summed E-state index contributed by atoms with van der Waals surface area (Å²) < 4.78 is 0. The number of thiophene rings is 1. The summed E-state index contributed by atoms with van der Waals surface area (Å²) in [6, 6.07) is 1.98. The maximum atomic E-state index is 11.1. The quantitative estimate of drug-likeness (QED) is 0.747. The summed E-state index contributed by atoms with van der Waals surface area (Å²) in [7, 11) is 0. The Kier molecular flexibility index (Phi) is 4.49. The molecular weight excluding hydrogens is 186 g/mol. The number of carbonyl (C=O) groups excluding carboxylic acids is 1. The van der Waals surface area contributed by atoms with Crippen LogP contribution in [0.2, 0.25) is 0 Å². The maximum absolute atomic E-state index is 11.1. The first-order chi connectivity index (χ1) is 6.33. The van der Waals surface area contributed by atoms with Crippen LogP contribution in [-0.2, 0) is 11.3 Å². The van der Waals surface area contributed by atoms with Crippen LogP contribution in [0.5, 0.6) is 0 Å². The van der Waals surface area contributed by atoms with Gasteiger partial charge in [-0.1, -0.05) is 0 Å². The molecule has 1 amide bonds. The first kappa shape index (κ1) is 10.2. The van der Waals surface area contributed by atoms with Crippen LogP contribution in [0, 0.1) is 0 Å². The second-order valence-corrected chi connectivity index (χ2v) is 3.52. The lowest BCUT2D eigenvalue weighted by molar-refractivity contribution is -0.121. The number of aliphatic hydroxyl groups excluding tert-OH is 1. The van der Waals surface area contributed by atoms with Crippen molar-refractivity contribution >= 4 is 17.2 Å². The molecule has 0 aromatic carbocycles. The monoisotopic (exact) mass is 199 g/mol. The van der Waals surface area contributed by atoms with E-state index in [1.54, 1.807) is 11.3 Å². The fraction of sp³-hybridized carbons (Fsp3) is 0.444. The van der Waals surface area contributed by atoms with E-state index in [2.05, 4.69) is 5.32 Å². The summed E-state index contributed by atoms with van der Waals surface area (Å²) >= 11 is 1.62. The number of hydrogen-bond acceptors (Lipinski definition) is 3. The van der Waals surface area contributed by atoms with Gasteiger partial charge in [0, 0.05) is 19.6 Å². The second kappa shape index (κ2) is 5.72. The summed E-state index contributed by atoms with van der Waals surface area (Å²) in [5, 5.41) is 15.3. The lowest BCUT2D eigenvalue weighted by Gasteiger charge is -2.01. The number of carbonyl (C=O) groups is 1. The van der Waals surface area contributed by atoms with Gasteiger partial charge in [0.2, 0.25) is 5.91 Å². The number of aliphatic hydroxyl groups is 1. The van der Waals surface area contributed by atoms with Crippen LogP contribution in [0.1, 0.15) is 18.4 Å². The fourth-order valence-electron chi connectivity index (χ4n) is 0.922. The smallest absolute Gasteiger partial charge is 0.220 e. The van der Waals surface area contributed by atoms with Crippen LogP contribution in [0.15, 0.2) is 16.8 Å². The minimum absolute atomic E-state index is 0.000231. The molecule has 0 fully saturated rings. The minimum atomic E-state index is 0.000231. The van der Waals surface area contributed by atoms with Gasteiger partial charge in [-0.15, -0.1) is 0 Å². The van der Waals surface area contributed by atoms with Crippen LogP contribution in [-0.4, -0.2) is 17.6 Å². The van der Waals surface area contributed by atoms with Crippen LogP contribution in [0.4, 0.5) is 0 Å². The Hall–Kier alpha value is -0.870. The predicted octanol–water partition coefficient (Wildman–Crippen LogP) is 1.14. The van der Waals surface area contributed by atoms with E-state index in [4.69, 9.17) is 5.11 Å². The third-order valence-corrected chi connectivity index (χ3v) is 2.36. The van der Waals surface area contributed by atoms with Crippen LogP contribution in [0.25, 0.3) is 0 Å². The molecule has 0 aliphatic carbocycles. The predicted molar refractivity (Wildman–Crippen MR) is 52.5 cm³/mol. The van der Waals surface area contributed by atoms with Gasteiger partial charge < -0.3 is 10.4 Å². The SMILES string of the molecule is O=C(CCCO)NCc1ccsc1. The van der Waals surface area contributed by atoms with Gasteiger partial charge in [0.15, 0.2) is 0 Å². The van der Waals surface area contributed by atoms with Crippen molar-refractivity contribution in [3.8, 4) is 0 Å². The van der Waals surface area contributed by atoms with Crippen molar-refractivity contribution in [2.24, 2.45) is 0 Å². The first-order valence-corrected chi connectivity index (χ1v) is 5.16. The van der Waals surface area contributed by atoms with Crippen molar-refractivity contribution in [1.82, 2.24) is 5.32 Å². The second-order valence-electron chi connectivity index (χ2n) is 2.74. The van der Waals surface area contributed by atoms with Gasteiger partial charge in [0.25, 0.3) is 0 Å². The molecule has 13 heavy (non-hydrogen) atoms. The standard InChI is InChI=1S/C9H13NO2S/c11-4-1-2-9(12)10-6-8-3-5-13-7-8/h3,5,7,11H,1-2,4,6H2,(H,10,12). The number of hydrogen-bond donors (Lipinski definition) is 2. The van der Waals surface area contributed by atoms with E-state index in [0.29, 0.717) is 19.4 Å². The van der Waals surface area contributed by atoms with Crippen LogP contribution >= 0.6 is 11.3 Å². The van der Waals surface area contributed by atoms with E-state index in [0.717, 1.165) is 5.56 Å². The van der Waals surface area contributed by atoms with E-state index in [1.165, 1.54) is 0 Å². The zero-order valence-electron chi connectivity index (χ0n) is 7.32. The molecular formula is C9H13NO2S. The average Bonchev–Trinajstić information content (AvgIpc) is 2.64. The highest BCUT2D eigenvalue weighted by Crippen LogP contribution is 2.04. The molecule has 0 saturated heterocycles. The fourth-order valence-corrected chi connectivity index (χ4v) is 1.59. The van der Waals surface area contributed by atoms with Gasteiger partial charge in [0.05, 0.1) is 0 Å². The summed E-state index contributed by atoms with van der Waals surface area (Å²) in [6.07, 6.45) is 0.941. The molecule has 0 atom stereocenters. The third-order valence-electron chi connectivity index (χ3n) is 1.63. The Bertz CT molecular complexity index is 246. The number of nitrogens with one attached hydrogen (secondary N) is 1. The van der Waals surface area contributed by atoms with Gasteiger partial charge in [0.1, 0.15) is 0 Å². The third kappa shape index (κ3) is 4.05. The lowest BCUT2D eigenvalue weighted by atomic mass is 10.3. The molecule has 2 N–H and O–H groups in total. The molecule has 0 radical (unpaired) electrons. The zero-order valence-corrected chi connectivity index (χ0v) is 8.14. The molecule has 4 heteroatoms. The van der Waals surface area contributed by atoms with Crippen molar-refractivity contribution in [3.63, 3.8) is 0 Å². The Morgan fingerprint density at radius 1 is 1.62 bits per heavy atom. The summed E-state index contributed by atoms with van der Waals surface area (Å²) in [5.41, 5.74) is 1.13. The van der Waals surface area contributed by atoms with Gasteiger partial charge in [-0.3, -0.25) is 4.79 Å². The van der Waals surface area contributed by atoms with Gasteiger partial charge in [-0.2, -0.15) is 11.3 Å². The van der Waals surface area contributed by atoms with Crippen molar-refractivity contribution in [1.29, 1.82) is 0 Å². The Morgan fingerprint density at radius 2 is 2.46 bits per heavy atom. The molecule has 1 rings (SSSR count). The molecule has 0 spiro atoms. The lowest BCUT2D eigenvalue weighted by Crippen LogP contribution is -2.22. The largest absolute Gasteiger partial charge is 0.396 e. The molecule has 72 valence electrons. The highest BCUT2D eigenvalue weighted by atomic mass is 32.1. The maximum Gasteiger partial charge on any atom is 0.220 e. The van der Waals surface area contributed by atoms with E-state index < -0.39 is 0 Å². The molecule has 0 aliphatic heterocycles. The van der Waals surface area contributed by atoms with Crippen LogP contribution in [0.3, 0.4) is 0 Å². The average molecular weight is 199 g/mol. The van der Waals surface area contributed by atoms with Gasteiger partial charge in [-0.05, 0) is 28.8 Å². The highest BCUT2D eigenvalue weighted by Gasteiger charge is 1.99. The molecule has 0 unspecified atom stereocenters. The molecule has 1 aromatic rings. The van der Waals surface area contributed by atoms with Gasteiger partial charge in [-0.25, -0.2) is 0 Å².